The molecule has 0 spiro atoms. The predicted octanol–water partition coefficient (Wildman–Crippen LogP) is 4.77. The highest BCUT2D eigenvalue weighted by Crippen LogP contribution is 2.33. The topological polar surface area (TPSA) is 50.7 Å². The number of thioether (sulfide) groups is 1. The van der Waals surface area contributed by atoms with Gasteiger partial charge in [-0.3, -0.25) is 0 Å². The number of ether oxygens (including phenoxy) is 1. The zero-order valence-electron chi connectivity index (χ0n) is 15.9. The van der Waals surface area contributed by atoms with E-state index in [0.717, 1.165) is 22.2 Å². The van der Waals surface area contributed by atoms with Crippen molar-refractivity contribution in [2.45, 2.75) is 32.6 Å². The Labute approximate surface area is 164 Å². The number of nitrogens with one attached hydrogen (secondary N) is 1. The van der Waals surface area contributed by atoms with Crippen LogP contribution in [0.5, 0.6) is 0 Å². The lowest BCUT2D eigenvalue weighted by Gasteiger charge is -2.25. The molecule has 4 nitrogen and oxygen atoms in total. The molecule has 3 rings (SSSR count). The molecule has 0 aliphatic carbocycles. The van der Waals surface area contributed by atoms with Gasteiger partial charge in [-0.25, -0.2) is 9.79 Å². The van der Waals surface area contributed by atoms with E-state index < -0.39 is 0 Å². The van der Waals surface area contributed by atoms with E-state index in [0.29, 0.717) is 12.2 Å². The fourth-order valence-electron chi connectivity index (χ4n) is 3.02. The molecule has 1 aliphatic rings. The zero-order chi connectivity index (χ0) is 19.2. The van der Waals surface area contributed by atoms with E-state index in [2.05, 4.69) is 36.5 Å². The molecule has 27 heavy (non-hydrogen) atoms. The summed E-state index contributed by atoms with van der Waals surface area (Å²) in [5, 5.41) is 4.10. The van der Waals surface area contributed by atoms with Crippen LogP contribution in [0, 0.1) is 6.92 Å². The van der Waals surface area contributed by atoms with Crippen LogP contribution in [-0.4, -0.2) is 17.7 Å². The molecule has 140 valence electrons. The van der Waals surface area contributed by atoms with Gasteiger partial charge < -0.3 is 10.1 Å². The van der Waals surface area contributed by atoms with E-state index >= 15 is 0 Å². The van der Waals surface area contributed by atoms with Crippen LogP contribution in [0.25, 0.3) is 0 Å². The van der Waals surface area contributed by atoms with E-state index in [4.69, 9.17) is 9.73 Å². The number of carbonyl (C=O) groups is 1. The van der Waals surface area contributed by atoms with Crippen molar-refractivity contribution in [1.29, 1.82) is 0 Å². The van der Waals surface area contributed by atoms with Crippen LogP contribution in [0.4, 0.5) is 0 Å². The van der Waals surface area contributed by atoms with Crippen molar-refractivity contribution in [3.8, 4) is 0 Å². The van der Waals surface area contributed by atoms with Crippen LogP contribution in [-0.2, 0) is 15.3 Å². The summed E-state index contributed by atoms with van der Waals surface area (Å²) in [5.74, 6) is 0.500. The van der Waals surface area contributed by atoms with E-state index in [9.17, 15) is 4.79 Å². The van der Waals surface area contributed by atoms with Crippen molar-refractivity contribution < 1.29 is 9.53 Å². The van der Waals surface area contributed by atoms with E-state index in [1.807, 2.05) is 44.2 Å². The first-order valence-electron chi connectivity index (χ1n) is 9.04. The van der Waals surface area contributed by atoms with Gasteiger partial charge in [-0.2, -0.15) is 0 Å². The molecule has 0 amide bonds. The molecule has 1 N–H and O–H groups in total. The molecule has 0 bridgehead atoms. The summed E-state index contributed by atoms with van der Waals surface area (Å²) in [6, 6.07) is 18.0. The zero-order valence-corrected chi connectivity index (χ0v) is 16.7. The lowest BCUT2D eigenvalue weighted by molar-refractivity contribution is -0.138. The average Bonchev–Trinajstić information content (AvgIpc) is 2.67. The maximum atomic E-state index is 12.5. The minimum atomic E-state index is -0.355. The Bertz CT molecular complexity index is 875. The van der Waals surface area contributed by atoms with Crippen molar-refractivity contribution in [3.05, 3.63) is 82.6 Å². The monoisotopic (exact) mass is 380 g/mol. The summed E-state index contributed by atoms with van der Waals surface area (Å²) in [4.78, 5) is 17.4. The first-order valence-corrected chi connectivity index (χ1v) is 10.0. The number of allylic oxidation sites excluding steroid dienone is 1. The Morgan fingerprint density at radius 3 is 2.63 bits per heavy atom. The van der Waals surface area contributed by atoms with Gasteiger partial charge in [0.15, 0.2) is 5.17 Å². The van der Waals surface area contributed by atoms with Gasteiger partial charge in [0.2, 0.25) is 0 Å². The summed E-state index contributed by atoms with van der Waals surface area (Å²) >= 11 is 1.64. The van der Waals surface area contributed by atoms with E-state index in [1.54, 1.807) is 11.8 Å². The van der Waals surface area contributed by atoms with Crippen molar-refractivity contribution >= 4 is 22.9 Å². The summed E-state index contributed by atoms with van der Waals surface area (Å²) in [6.45, 7) is 6.16. The molecule has 0 aromatic heterocycles. The molecule has 0 unspecified atom stereocenters. The summed E-state index contributed by atoms with van der Waals surface area (Å²) in [7, 11) is 0. The number of carbonyl (C=O) groups excluding carboxylic acids is 1. The maximum Gasteiger partial charge on any atom is 0.338 e. The summed E-state index contributed by atoms with van der Waals surface area (Å²) < 4.78 is 5.27. The molecule has 1 heterocycles. The predicted molar refractivity (Wildman–Crippen MR) is 112 cm³/mol. The fourth-order valence-corrected chi connectivity index (χ4v) is 3.91. The molecule has 1 aliphatic heterocycles. The van der Waals surface area contributed by atoms with Gasteiger partial charge in [0, 0.05) is 11.4 Å². The molecule has 0 saturated carbocycles. The van der Waals surface area contributed by atoms with Crippen LogP contribution in [0.1, 0.15) is 36.6 Å². The highest BCUT2D eigenvalue weighted by molar-refractivity contribution is 8.13. The average molecular weight is 381 g/mol. The van der Waals surface area contributed by atoms with Crippen molar-refractivity contribution in [1.82, 2.24) is 5.32 Å². The van der Waals surface area contributed by atoms with Gasteiger partial charge in [-0.1, -0.05) is 71.9 Å². The molecular weight excluding hydrogens is 356 g/mol. The Morgan fingerprint density at radius 1 is 1.15 bits per heavy atom. The van der Waals surface area contributed by atoms with Gasteiger partial charge in [0.05, 0.1) is 12.2 Å². The van der Waals surface area contributed by atoms with Crippen molar-refractivity contribution in [2.24, 2.45) is 4.99 Å². The second-order valence-electron chi connectivity index (χ2n) is 6.41. The first kappa shape index (κ1) is 19.2. The molecule has 0 saturated heterocycles. The van der Waals surface area contributed by atoms with Gasteiger partial charge in [-0.05, 0) is 31.9 Å². The smallest absolute Gasteiger partial charge is 0.338 e. The number of rotatable bonds is 5. The minimum Gasteiger partial charge on any atom is -0.463 e. The van der Waals surface area contributed by atoms with E-state index in [1.165, 1.54) is 11.1 Å². The molecular formula is C22H24N2O2S. The second kappa shape index (κ2) is 8.91. The quantitative estimate of drug-likeness (QED) is 0.760. The van der Waals surface area contributed by atoms with Crippen LogP contribution in [0.3, 0.4) is 0 Å². The van der Waals surface area contributed by atoms with E-state index in [-0.39, 0.29) is 12.0 Å². The Balaban J connectivity index is 1.85. The van der Waals surface area contributed by atoms with Gasteiger partial charge in [-0.15, -0.1) is 0 Å². The number of benzene rings is 2. The third-order valence-electron chi connectivity index (χ3n) is 4.29. The Morgan fingerprint density at radius 2 is 1.93 bits per heavy atom. The van der Waals surface area contributed by atoms with Gasteiger partial charge >= 0.3 is 5.97 Å². The number of esters is 1. The summed E-state index contributed by atoms with van der Waals surface area (Å²) in [5.41, 5.74) is 4.84. The normalized spacial score (nSPS) is 16.6. The Hall–Kier alpha value is -2.53. The highest BCUT2D eigenvalue weighted by atomic mass is 32.2. The molecule has 5 heteroatoms. The van der Waals surface area contributed by atoms with Crippen LogP contribution in [0.2, 0.25) is 0 Å². The van der Waals surface area contributed by atoms with Gasteiger partial charge in [0.25, 0.3) is 0 Å². The maximum absolute atomic E-state index is 12.5. The number of hydrogen-bond donors (Lipinski definition) is 1. The SMILES string of the molecule is CCOC(=O)C1=C(C)NC(SCc2cccc(C)c2)=N[C@H]1c1ccccc1. The number of amidine groups is 1. The molecule has 2 aromatic rings. The third kappa shape index (κ3) is 4.80. The van der Waals surface area contributed by atoms with Gasteiger partial charge in [0.1, 0.15) is 6.04 Å². The standard InChI is InChI=1S/C22H24N2O2S/c1-4-26-21(25)19-16(3)23-22(24-20(19)18-11-6-5-7-12-18)27-14-17-10-8-9-15(2)13-17/h5-13,20H,4,14H2,1-3H3,(H,23,24)/t20-/m0/s1. The lowest BCUT2D eigenvalue weighted by atomic mass is 9.97. The van der Waals surface area contributed by atoms with Crippen molar-refractivity contribution in [3.63, 3.8) is 0 Å². The van der Waals surface area contributed by atoms with Crippen LogP contribution in [0.15, 0.2) is 70.9 Å². The number of aryl methyl sites for hydroxylation is 1. The third-order valence-corrected chi connectivity index (χ3v) is 5.25. The van der Waals surface area contributed by atoms with Crippen LogP contribution >= 0.6 is 11.8 Å². The Kier molecular flexibility index (Phi) is 6.35. The van der Waals surface area contributed by atoms with Crippen molar-refractivity contribution in [2.75, 3.05) is 6.61 Å². The number of aliphatic imine (C=N–C) groups is 1. The highest BCUT2D eigenvalue weighted by Gasteiger charge is 2.30. The largest absolute Gasteiger partial charge is 0.463 e. The lowest BCUT2D eigenvalue weighted by Crippen LogP contribution is -2.30. The molecule has 2 aromatic carbocycles. The number of nitrogens with zero attached hydrogens (tertiary/aromatic N) is 1. The molecule has 1 atom stereocenters. The first-order chi connectivity index (χ1) is 13.1. The second-order valence-corrected chi connectivity index (χ2v) is 7.37. The minimum absolute atomic E-state index is 0.317. The number of hydrogen-bond acceptors (Lipinski definition) is 5. The fraction of sp³-hybridized carbons (Fsp3) is 0.273. The van der Waals surface area contributed by atoms with Crippen LogP contribution < -0.4 is 5.32 Å². The molecule has 0 fully saturated rings. The molecule has 0 radical (unpaired) electrons. The summed E-state index contributed by atoms with van der Waals surface area (Å²) in [6.07, 6.45) is 0.